The number of aliphatic hydroxyl groups excluding tert-OH is 1. The van der Waals surface area contributed by atoms with Crippen LogP contribution in [0.5, 0.6) is 0 Å². The molecule has 21 heavy (non-hydrogen) atoms. The minimum absolute atomic E-state index is 0.336. The minimum Gasteiger partial charge on any atom is -0.390 e. The first kappa shape index (κ1) is 16.6. The number of hydrogen-bond acceptors (Lipinski definition) is 5. The van der Waals surface area contributed by atoms with Crippen LogP contribution in [0.2, 0.25) is 5.15 Å². The van der Waals surface area contributed by atoms with E-state index in [-0.39, 0.29) is 6.10 Å². The molecule has 1 N–H and O–H groups in total. The third-order valence-corrected chi connectivity index (χ3v) is 4.00. The smallest absolute Gasteiger partial charge is 0.129 e. The molecule has 1 atom stereocenters. The van der Waals surface area contributed by atoms with E-state index in [4.69, 9.17) is 11.6 Å². The summed E-state index contributed by atoms with van der Waals surface area (Å²) < 4.78 is 0. The number of β-amino-alcohol motifs (C(OH)–C–C–N with tert-alkyl or cyclic N) is 1. The molecule has 0 saturated carbocycles. The lowest BCUT2D eigenvalue weighted by atomic mass is 10.2. The van der Waals surface area contributed by atoms with Crippen molar-refractivity contribution in [2.75, 3.05) is 53.4 Å². The van der Waals surface area contributed by atoms with Crippen molar-refractivity contribution in [3.05, 3.63) is 29.0 Å². The van der Waals surface area contributed by atoms with Crippen LogP contribution in [-0.4, -0.2) is 84.3 Å². The second-order valence-electron chi connectivity index (χ2n) is 5.91. The van der Waals surface area contributed by atoms with E-state index in [1.807, 2.05) is 19.2 Å². The number of halogens is 1. The van der Waals surface area contributed by atoms with E-state index in [0.717, 1.165) is 38.4 Å². The van der Waals surface area contributed by atoms with Gasteiger partial charge in [0, 0.05) is 45.8 Å². The molecule has 1 unspecified atom stereocenters. The van der Waals surface area contributed by atoms with Crippen LogP contribution in [-0.2, 0) is 6.54 Å². The minimum atomic E-state index is -0.336. The molecular formula is C15H25ClN4O. The number of piperazine rings is 1. The van der Waals surface area contributed by atoms with E-state index in [1.54, 1.807) is 6.07 Å². The average molecular weight is 313 g/mol. The van der Waals surface area contributed by atoms with Gasteiger partial charge in [0.25, 0.3) is 0 Å². The molecule has 1 aromatic heterocycles. The van der Waals surface area contributed by atoms with E-state index in [0.29, 0.717) is 18.2 Å². The number of likely N-dealkylation sites (N-methyl/N-ethyl adjacent to an activating group) is 2. The van der Waals surface area contributed by atoms with Gasteiger partial charge in [0.15, 0.2) is 0 Å². The van der Waals surface area contributed by atoms with Crippen LogP contribution in [0.15, 0.2) is 18.2 Å². The van der Waals surface area contributed by atoms with E-state index in [1.165, 1.54) is 0 Å². The van der Waals surface area contributed by atoms with Crippen molar-refractivity contribution in [2.24, 2.45) is 0 Å². The van der Waals surface area contributed by atoms with Crippen molar-refractivity contribution in [3.63, 3.8) is 0 Å². The van der Waals surface area contributed by atoms with Crippen LogP contribution in [0.4, 0.5) is 0 Å². The first-order chi connectivity index (χ1) is 10.0. The van der Waals surface area contributed by atoms with Crippen LogP contribution >= 0.6 is 11.6 Å². The number of rotatable bonds is 6. The van der Waals surface area contributed by atoms with Crippen molar-refractivity contribution in [1.29, 1.82) is 0 Å². The standard InChI is InChI=1S/C15H25ClN4O/c1-18-6-8-20(9-7-18)12-14(21)11-19(2)10-13-4-3-5-15(16)17-13/h3-5,14,21H,6-12H2,1-2H3. The molecule has 0 bridgehead atoms. The Kier molecular flexibility index (Phi) is 6.39. The molecule has 1 aromatic rings. The summed E-state index contributed by atoms with van der Waals surface area (Å²) in [4.78, 5) is 11.0. The molecule has 0 aromatic carbocycles. The Bertz CT molecular complexity index is 437. The van der Waals surface area contributed by atoms with Crippen molar-refractivity contribution in [1.82, 2.24) is 19.7 Å². The number of pyridine rings is 1. The summed E-state index contributed by atoms with van der Waals surface area (Å²) in [7, 11) is 4.13. The van der Waals surface area contributed by atoms with Gasteiger partial charge in [0.2, 0.25) is 0 Å². The molecule has 6 heteroatoms. The van der Waals surface area contributed by atoms with Gasteiger partial charge in [-0.25, -0.2) is 4.98 Å². The summed E-state index contributed by atoms with van der Waals surface area (Å²) in [6, 6.07) is 5.63. The lowest BCUT2D eigenvalue weighted by Crippen LogP contribution is -2.48. The molecule has 0 spiro atoms. The summed E-state index contributed by atoms with van der Waals surface area (Å²) in [5.41, 5.74) is 0.928. The zero-order chi connectivity index (χ0) is 15.2. The Labute approximate surface area is 132 Å². The lowest BCUT2D eigenvalue weighted by molar-refractivity contribution is 0.0591. The highest BCUT2D eigenvalue weighted by Crippen LogP contribution is 2.08. The van der Waals surface area contributed by atoms with Gasteiger partial charge in [-0.2, -0.15) is 0 Å². The van der Waals surface area contributed by atoms with Crippen LogP contribution < -0.4 is 0 Å². The second-order valence-corrected chi connectivity index (χ2v) is 6.29. The van der Waals surface area contributed by atoms with Crippen LogP contribution in [0.25, 0.3) is 0 Å². The van der Waals surface area contributed by atoms with E-state index < -0.39 is 0 Å². The van der Waals surface area contributed by atoms with Crippen LogP contribution in [0.1, 0.15) is 5.69 Å². The molecule has 0 radical (unpaired) electrons. The second kappa shape index (κ2) is 8.06. The van der Waals surface area contributed by atoms with Gasteiger partial charge in [-0.05, 0) is 26.2 Å². The fourth-order valence-electron chi connectivity index (χ4n) is 2.63. The van der Waals surface area contributed by atoms with Crippen molar-refractivity contribution < 1.29 is 5.11 Å². The Balaban J connectivity index is 1.73. The van der Waals surface area contributed by atoms with Gasteiger partial charge in [-0.1, -0.05) is 17.7 Å². The maximum absolute atomic E-state index is 10.2. The first-order valence-electron chi connectivity index (χ1n) is 7.42. The van der Waals surface area contributed by atoms with Gasteiger partial charge in [0.1, 0.15) is 5.15 Å². The zero-order valence-corrected chi connectivity index (χ0v) is 13.6. The van der Waals surface area contributed by atoms with E-state index in [9.17, 15) is 5.11 Å². The molecule has 1 saturated heterocycles. The Hall–Kier alpha value is -0.720. The topological polar surface area (TPSA) is 42.8 Å². The highest BCUT2D eigenvalue weighted by molar-refractivity contribution is 6.29. The predicted octanol–water partition coefficient (Wildman–Crippen LogP) is 0.775. The lowest BCUT2D eigenvalue weighted by Gasteiger charge is -2.34. The van der Waals surface area contributed by atoms with Crippen LogP contribution in [0, 0.1) is 0 Å². The molecule has 2 rings (SSSR count). The third-order valence-electron chi connectivity index (χ3n) is 3.79. The van der Waals surface area contributed by atoms with Crippen molar-refractivity contribution in [2.45, 2.75) is 12.6 Å². The number of hydrogen-bond donors (Lipinski definition) is 1. The Morgan fingerprint density at radius 2 is 2.05 bits per heavy atom. The molecular weight excluding hydrogens is 288 g/mol. The normalized spacial score (nSPS) is 19.1. The quantitative estimate of drug-likeness (QED) is 0.786. The third kappa shape index (κ3) is 5.88. The summed E-state index contributed by atoms with van der Waals surface area (Å²) in [6.07, 6.45) is -0.336. The number of aliphatic hydroxyl groups is 1. The van der Waals surface area contributed by atoms with Crippen molar-refractivity contribution in [3.8, 4) is 0 Å². The molecule has 2 heterocycles. The zero-order valence-electron chi connectivity index (χ0n) is 12.9. The molecule has 118 valence electrons. The van der Waals surface area contributed by atoms with Crippen LogP contribution in [0.3, 0.4) is 0 Å². The SMILES string of the molecule is CN1CCN(CC(O)CN(C)Cc2cccc(Cl)n2)CC1. The molecule has 1 aliphatic heterocycles. The summed E-state index contributed by atoms with van der Waals surface area (Å²) in [5, 5.41) is 10.7. The van der Waals surface area contributed by atoms with Gasteiger partial charge < -0.3 is 10.0 Å². The van der Waals surface area contributed by atoms with Gasteiger partial charge in [-0.15, -0.1) is 0 Å². The van der Waals surface area contributed by atoms with Gasteiger partial charge in [0.05, 0.1) is 11.8 Å². The summed E-state index contributed by atoms with van der Waals surface area (Å²) in [6.45, 7) is 6.30. The van der Waals surface area contributed by atoms with Crippen molar-refractivity contribution >= 4 is 11.6 Å². The predicted molar refractivity (Wildman–Crippen MR) is 85.5 cm³/mol. The average Bonchev–Trinajstić information content (AvgIpc) is 2.41. The monoisotopic (exact) mass is 312 g/mol. The van der Waals surface area contributed by atoms with Gasteiger partial charge >= 0.3 is 0 Å². The molecule has 0 amide bonds. The first-order valence-corrected chi connectivity index (χ1v) is 7.79. The summed E-state index contributed by atoms with van der Waals surface area (Å²) in [5.74, 6) is 0. The Morgan fingerprint density at radius 3 is 2.71 bits per heavy atom. The van der Waals surface area contributed by atoms with E-state index >= 15 is 0 Å². The van der Waals surface area contributed by atoms with Gasteiger partial charge in [-0.3, -0.25) is 9.80 Å². The molecule has 0 aliphatic carbocycles. The highest BCUT2D eigenvalue weighted by atomic mass is 35.5. The largest absolute Gasteiger partial charge is 0.390 e. The molecule has 5 nitrogen and oxygen atoms in total. The number of nitrogens with zero attached hydrogens (tertiary/aromatic N) is 4. The van der Waals surface area contributed by atoms with E-state index in [2.05, 4.69) is 26.7 Å². The fourth-order valence-corrected chi connectivity index (χ4v) is 2.81. The molecule has 1 fully saturated rings. The Morgan fingerprint density at radius 1 is 1.33 bits per heavy atom. The summed E-state index contributed by atoms with van der Waals surface area (Å²) >= 11 is 5.88. The molecule has 1 aliphatic rings. The number of aromatic nitrogens is 1. The maximum atomic E-state index is 10.2. The highest BCUT2D eigenvalue weighted by Gasteiger charge is 2.18. The maximum Gasteiger partial charge on any atom is 0.129 e. The fraction of sp³-hybridized carbons (Fsp3) is 0.667.